The number of benzene rings is 1. The molecule has 0 saturated carbocycles. The number of nitrogens with one attached hydrogen (secondary N) is 1. The van der Waals surface area contributed by atoms with Crippen molar-refractivity contribution in [3.8, 4) is 0 Å². The number of hydrogen-bond donors (Lipinski definition) is 1. The van der Waals surface area contributed by atoms with Gasteiger partial charge in [0.05, 0.1) is 23.7 Å². The summed E-state index contributed by atoms with van der Waals surface area (Å²) in [6.45, 7) is 3.09. The van der Waals surface area contributed by atoms with Crippen LogP contribution in [0, 0.1) is 5.82 Å². The van der Waals surface area contributed by atoms with E-state index in [0.717, 1.165) is 17.9 Å². The van der Waals surface area contributed by atoms with E-state index in [1.165, 1.54) is 16.4 Å². The lowest BCUT2D eigenvalue weighted by atomic mass is 10.2. The number of piperazine rings is 1. The van der Waals surface area contributed by atoms with Gasteiger partial charge in [-0.15, -0.1) is 0 Å². The van der Waals surface area contributed by atoms with E-state index in [1.807, 2.05) is 13.0 Å². The molecular formula is C18H22FN3O4S. The molecule has 9 heteroatoms. The fraction of sp³-hybridized carbons (Fsp3) is 0.389. The maximum absolute atomic E-state index is 13.0. The van der Waals surface area contributed by atoms with Crippen LogP contribution in [0.1, 0.15) is 18.7 Å². The van der Waals surface area contributed by atoms with Crippen molar-refractivity contribution < 1.29 is 22.0 Å². The van der Waals surface area contributed by atoms with Gasteiger partial charge in [0, 0.05) is 26.2 Å². The van der Waals surface area contributed by atoms with E-state index in [4.69, 9.17) is 4.42 Å². The van der Waals surface area contributed by atoms with Crippen LogP contribution in [-0.4, -0.2) is 56.3 Å². The van der Waals surface area contributed by atoms with Crippen molar-refractivity contribution in [2.45, 2.75) is 17.9 Å². The van der Waals surface area contributed by atoms with Crippen LogP contribution in [0.15, 0.2) is 52.0 Å². The second-order valence-corrected chi connectivity index (χ2v) is 8.29. The summed E-state index contributed by atoms with van der Waals surface area (Å²) in [7, 11) is -3.68. The van der Waals surface area contributed by atoms with Gasteiger partial charge in [0.1, 0.15) is 11.6 Å². The Labute approximate surface area is 157 Å². The number of hydrogen-bond acceptors (Lipinski definition) is 5. The standard InChI is InChI=1S/C18H22FN3O4S/c1-14(17-3-2-12-26-17)20-13-18(23)21-8-10-22(11-9-21)27(24,25)16-6-4-15(19)5-7-16/h2-7,12,14,20H,8-11,13H2,1H3/t14-/m0/s1. The highest BCUT2D eigenvalue weighted by molar-refractivity contribution is 7.89. The van der Waals surface area contributed by atoms with E-state index in [-0.39, 0.29) is 36.5 Å². The van der Waals surface area contributed by atoms with Crippen molar-refractivity contribution in [3.05, 3.63) is 54.2 Å². The van der Waals surface area contributed by atoms with Crippen molar-refractivity contribution in [2.24, 2.45) is 0 Å². The Morgan fingerprint density at radius 3 is 2.44 bits per heavy atom. The third kappa shape index (κ3) is 4.55. The van der Waals surface area contributed by atoms with Crippen molar-refractivity contribution in [1.82, 2.24) is 14.5 Å². The number of rotatable bonds is 6. The summed E-state index contributed by atoms with van der Waals surface area (Å²) in [5.74, 6) is 0.172. The molecule has 1 aromatic carbocycles. The van der Waals surface area contributed by atoms with Crippen LogP contribution in [0.5, 0.6) is 0 Å². The van der Waals surface area contributed by atoms with Crippen molar-refractivity contribution in [3.63, 3.8) is 0 Å². The molecule has 0 unspecified atom stereocenters. The first-order valence-corrected chi connectivity index (χ1v) is 10.1. The number of carbonyl (C=O) groups excluding carboxylic acids is 1. The van der Waals surface area contributed by atoms with E-state index in [2.05, 4.69) is 5.32 Å². The first-order chi connectivity index (χ1) is 12.9. The normalized spacial score (nSPS) is 17.0. The smallest absolute Gasteiger partial charge is 0.243 e. The summed E-state index contributed by atoms with van der Waals surface area (Å²) in [4.78, 5) is 14.0. The summed E-state index contributed by atoms with van der Waals surface area (Å²) in [5, 5.41) is 3.10. The topological polar surface area (TPSA) is 82.9 Å². The third-order valence-electron chi connectivity index (χ3n) is 4.57. The zero-order valence-corrected chi connectivity index (χ0v) is 15.8. The molecule has 2 aromatic rings. The van der Waals surface area contributed by atoms with Gasteiger partial charge >= 0.3 is 0 Å². The van der Waals surface area contributed by atoms with Gasteiger partial charge in [-0.3, -0.25) is 10.1 Å². The second-order valence-electron chi connectivity index (χ2n) is 6.36. The fourth-order valence-corrected chi connectivity index (χ4v) is 4.35. The Hall–Kier alpha value is -2.23. The van der Waals surface area contributed by atoms with Gasteiger partial charge in [-0.05, 0) is 43.3 Å². The van der Waals surface area contributed by atoms with Crippen LogP contribution in [0.3, 0.4) is 0 Å². The average Bonchev–Trinajstić information content (AvgIpc) is 3.21. The van der Waals surface area contributed by atoms with E-state index < -0.39 is 15.8 Å². The summed E-state index contributed by atoms with van der Waals surface area (Å²) in [5.41, 5.74) is 0. The van der Waals surface area contributed by atoms with Gasteiger partial charge in [0.25, 0.3) is 0 Å². The van der Waals surface area contributed by atoms with Crippen LogP contribution in [0.25, 0.3) is 0 Å². The molecule has 0 aliphatic carbocycles. The van der Waals surface area contributed by atoms with Crippen molar-refractivity contribution in [1.29, 1.82) is 0 Å². The first-order valence-electron chi connectivity index (χ1n) is 8.68. The van der Waals surface area contributed by atoms with Crippen LogP contribution >= 0.6 is 0 Å². The van der Waals surface area contributed by atoms with E-state index in [1.54, 1.807) is 17.2 Å². The molecule has 1 aliphatic rings. The van der Waals surface area contributed by atoms with Crippen LogP contribution in [0.2, 0.25) is 0 Å². The first kappa shape index (κ1) is 19.5. The number of halogens is 1. The molecule has 7 nitrogen and oxygen atoms in total. The summed E-state index contributed by atoms with van der Waals surface area (Å²) < 4.78 is 44.8. The Bertz CT molecular complexity index is 861. The number of sulfonamides is 1. The van der Waals surface area contributed by atoms with Gasteiger partial charge in [-0.1, -0.05) is 0 Å². The predicted molar refractivity (Wildman–Crippen MR) is 96.9 cm³/mol. The Morgan fingerprint density at radius 2 is 1.85 bits per heavy atom. The second kappa shape index (κ2) is 8.20. The van der Waals surface area contributed by atoms with Gasteiger partial charge < -0.3 is 9.32 Å². The highest BCUT2D eigenvalue weighted by atomic mass is 32.2. The number of amides is 1. The summed E-state index contributed by atoms with van der Waals surface area (Å²) >= 11 is 0. The molecule has 2 heterocycles. The molecule has 1 N–H and O–H groups in total. The lowest BCUT2D eigenvalue weighted by Crippen LogP contribution is -2.52. The average molecular weight is 395 g/mol. The van der Waals surface area contributed by atoms with Crippen LogP contribution in [0.4, 0.5) is 4.39 Å². The number of furan rings is 1. The summed E-state index contributed by atoms with van der Waals surface area (Å²) in [6, 6.07) is 8.28. The molecule has 1 amide bonds. The highest BCUT2D eigenvalue weighted by Gasteiger charge is 2.30. The van der Waals surface area contributed by atoms with E-state index in [9.17, 15) is 17.6 Å². The molecule has 146 valence electrons. The third-order valence-corrected chi connectivity index (χ3v) is 6.49. The monoisotopic (exact) mass is 395 g/mol. The zero-order valence-electron chi connectivity index (χ0n) is 15.0. The lowest BCUT2D eigenvalue weighted by Gasteiger charge is -2.34. The molecule has 1 saturated heterocycles. The lowest BCUT2D eigenvalue weighted by molar-refractivity contribution is -0.131. The predicted octanol–water partition coefficient (Wildman–Crippen LogP) is 1.60. The minimum atomic E-state index is -3.68. The quantitative estimate of drug-likeness (QED) is 0.803. The van der Waals surface area contributed by atoms with Crippen molar-refractivity contribution in [2.75, 3.05) is 32.7 Å². The molecule has 0 bridgehead atoms. The maximum atomic E-state index is 13.0. The SMILES string of the molecule is C[C@H](NCC(=O)N1CCN(S(=O)(=O)c2ccc(F)cc2)CC1)c1ccco1. The van der Waals surface area contributed by atoms with Crippen LogP contribution < -0.4 is 5.32 Å². The minimum Gasteiger partial charge on any atom is -0.468 e. The van der Waals surface area contributed by atoms with Crippen molar-refractivity contribution >= 4 is 15.9 Å². The van der Waals surface area contributed by atoms with Gasteiger partial charge in [-0.2, -0.15) is 4.31 Å². The Morgan fingerprint density at radius 1 is 1.19 bits per heavy atom. The molecule has 0 spiro atoms. The molecule has 1 aliphatic heterocycles. The molecule has 1 atom stereocenters. The molecule has 0 radical (unpaired) electrons. The molecular weight excluding hydrogens is 373 g/mol. The molecule has 27 heavy (non-hydrogen) atoms. The molecule has 1 fully saturated rings. The fourth-order valence-electron chi connectivity index (χ4n) is 2.92. The van der Waals surface area contributed by atoms with E-state index in [0.29, 0.717) is 13.1 Å². The zero-order chi connectivity index (χ0) is 19.4. The molecule has 1 aromatic heterocycles. The largest absolute Gasteiger partial charge is 0.468 e. The minimum absolute atomic E-state index is 0.0533. The van der Waals surface area contributed by atoms with Gasteiger partial charge in [0.15, 0.2) is 0 Å². The van der Waals surface area contributed by atoms with E-state index >= 15 is 0 Å². The number of nitrogens with zero attached hydrogens (tertiary/aromatic N) is 2. The van der Waals surface area contributed by atoms with Gasteiger partial charge in [-0.25, -0.2) is 12.8 Å². The Balaban J connectivity index is 1.52. The summed E-state index contributed by atoms with van der Waals surface area (Å²) in [6.07, 6.45) is 1.58. The Kier molecular flexibility index (Phi) is 5.93. The maximum Gasteiger partial charge on any atom is 0.243 e. The molecule has 3 rings (SSSR count). The van der Waals surface area contributed by atoms with Crippen LogP contribution in [-0.2, 0) is 14.8 Å². The van der Waals surface area contributed by atoms with Gasteiger partial charge in [0.2, 0.25) is 15.9 Å². The highest BCUT2D eigenvalue weighted by Crippen LogP contribution is 2.18. The number of carbonyl (C=O) groups is 1.